The molecule has 0 heterocycles. The summed E-state index contributed by atoms with van der Waals surface area (Å²) in [6.45, 7) is 7.15. The van der Waals surface area contributed by atoms with E-state index in [4.69, 9.17) is 0 Å². The van der Waals surface area contributed by atoms with Crippen LogP contribution in [0.5, 0.6) is 0 Å². The summed E-state index contributed by atoms with van der Waals surface area (Å²) in [4.78, 5) is 0. The molecule has 0 radical (unpaired) electrons. The summed E-state index contributed by atoms with van der Waals surface area (Å²) in [6, 6.07) is 31.9. The van der Waals surface area contributed by atoms with Crippen molar-refractivity contribution in [3.8, 4) is 0 Å². The van der Waals surface area contributed by atoms with Crippen LogP contribution in [0.25, 0.3) is 0 Å². The van der Waals surface area contributed by atoms with Crippen LogP contribution in [0.4, 0.5) is 5.69 Å². The topological polar surface area (TPSA) is 12.0 Å². The molecule has 0 atom stereocenters. The summed E-state index contributed by atoms with van der Waals surface area (Å²) >= 11 is 0. The van der Waals surface area contributed by atoms with Gasteiger partial charge >= 0.3 is 0 Å². The highest BCUT2D eigenvalue weighted by atomic mass is 14.9. The van der Waals surface area contributed by atoms with Crippen molar-refractivity contribution in [2.75, 3.05) is 11.9 Å². The van der Waals surface area contributed by atoms with E-state index in [-0.39, 0.29) is 5.41 Å². The molecule has 3 aromatic carbocycles. The van der Waals surface area contributed by atoms with Gasteiger partial charge in [-0.15, -0.1) is 6.58 Å². The van der Waals surface area contributed by atoms with Crippen LogP contribution < -0.4 is 5.32 Å². The van der Waals surface area contributed by atoms with Gasteiger partial charge in [0.2, 0.25) is 0 Å². The zero-order chi connectivity index (χ0) is 17.5. The van der Waals surface area contributed by atoms with Crippen LogP contribution in [0, 0.1) is 0 Å². The van der Waals surface area contributed by atoms with Crippen LogP contribution in [0.3, 0.4) is 0 Å². The number of benzene rings is 3. The lowest BCUT2D eigenvalue weighted by Crippen LogP contribution is -2.36. The van der Waals surface area contributed by atoms with Crippen molar-refractivity contribution in [1.29, 1.82) is 0 Å². The molecule has 1 nitrogen and oxygen atoms in total. The van der Waals surface area contributed by atoms with Gasteiger partial charge in [0.25, 0.3) is 0 Å². The monoisotopic (exact) mass is 327 g/mol. The normalized spacial score (nSPS) is 11.1. The Hall–Kier alpha value is -2.80. The van der Waals surface area contributed by atoms with Crippen LogP contribution in [0.15, 0.2) is 103 Å². The lowest BCUT2D eigenvalue weighted by molar-refractivity contribution is 0.536. The van der Waals surface area contributed by atoms with Gasteiger partial charge in [-0.25, -0.2) is 0 Å². The van der Waals surface area contributed by atoms with Gasteiger partial charge in [0.05, 0.1) is 0 Å². The van der Waals surface area contributed by atoms with E-state index < -0.39 is 0 Å². The van der Waals surface area contributed by atoms with Gasteiger partial charge in [-0.05, 0) is 36.6 Å². The van der Waals surface area contributed by atoms with Gasteiger partial charge in [-0.2, -0.15) is 0 Å². The maximum Gasteiger partial charge on any atom is 0.0411 e. The number of anilines is 1. The van der Waals surface area contributed by atoms with Crippen LogP contribution in [-0.2, 0) is 5.41 Å². The fourth-order valence-corrected chi connectivity index (χ4v) is 3.48. The standard InChI is InChI=1S/C24H25N/c1-20(2)18-24(21-12-6-3-7-13-21,22-14-8-4-9-15-22)19-25-23-16-10-5-11-17-23/h3-17,25H,1,18-19H2,2H3. The summed E-state index contributed by atoms with van der Waals surface area (Å²) in [5, 5.41) is 3.65. The van der Waals surface area contributed by atoms with Gasteiger partial charge in [0.1, 0.15) is 0 Å². The fourth-order valence-electron chi connectivity index (χ4n) is 3.48. The first kappa shape index (κ1) is 17.0. The van der Waals surface area contributed by atoms with Gasteiger partial charge < -0.3 is 5.32 Å². The maximum absolute atomic E-state index is 4.22. The number of para-hydroxylation sites is 1. The molecule has 0 saturated heterocycles. The van der Waals surface area contributed by atoms with Crippen LogP contribution in [0.1, 0.15) is 24.5 Å². The predicted octanol–water partition coefficient (Wildman–Crippen LogP) is 6.05. The number of allylic oxidation sites excluding steroid dienone is 1. The van der Waals surface area contributed by atoms with E-state index in [1.807, 2.05) is 6.07 Å². The minimum atomic E-state index is -0.149. The Balaban J connectivity index is 2.06. The lowest BCUT2D eigenvalue weighted by atomic mass is 9.70. The Morgan fingerprint density at radius 3 is 1.64 bits per heavy atom. The lowest BCUT2D eigenvalue weighted by Gasteiger charge is -2.36. The van der Waals surface area contributed by atoms with Crippen molar-refractivity contribution >= 4 is 5.69 Å². The van der Waals surface area contributed by atoms with Gasteiger partial charge in [-0.1, -0.05) is 84.4 Å². The molecule has 25 heavy (non-hydrogen) atoms. The van der Waals surface area contributed by atoms with Crippen molar-refractivity contribution in [2.24, 2.45) is 0 Å². The van der Waals surface area contributed by atoms with Crippen molar-refractivity contribution in [3.63, 3.8) is 0 Å². The Bertz CT molecular complexity index is 752. The summed E-state index contributed by atoms with van der Waals surface area (Å²) in [6.07, 6.45) is 0.904. The van der Waals surface area contributed by atoms with E-state index in [1.165, 1.54) is 16.7 Å². The molecule has 0 saturated carbocycles. The SMILES string of the molecule is C=C(C)CC(CNc1ccccc1)(c1ccccc1)c1ccccc1. The first-order valence-electron chi connectivity index (χ1n) is 8.75. The van der Waals surface area contributed by atoms with Crippen LogP contribution in [-0.4, -0.2) is 6.54 Å². The highest BCUT2D eigenvalue weighted by Crippen LogP contribution is 2.38. The van der Waals surface area contributed by atoms with Crippen LogP contribution >= 0.6 is 0 Å². The van der Waals surface area contributed by atoms with Gasteiger partial charge in [0, 0.05) is 17.6 Å². The number of rotatable bonds is 7. The summed E-state index contributed by atoms with van der Waals surface area (Å²) in [5.74, 6) is 0. The molecule has 0 spiro atoms. The zero-order valence-electron chi connectivity index (χ0n) is 14.8. The largest absolute Gasteiger partial charge is 0.384 e. The molecule has 0 unspecified atom stereocenters. The Morgan fingerprint density at radius 1 is 0.760 bits per heavy atom. The highest BCUT2D eigenvalue weighted by molar-refractivity contribution is 5.48. The second-order valence-corrected chi connectivity index (χ2v) is 6.67. The first-order chi connectivity index (χ1) is 12.2. The maximum atomic E-state index is 4.22. The third-order valence-electron chi connectivity index (χ3n) is 4.62. The minimum absolute atomic E-state index is 0.149. The van der Waals surface area contributed by atoms with Gasteiger partial charge in [-0.3, -0.25) is 0 Å². The molecule has 126 valence electrons. The molecule has 1 N–H and O–H groups in total. The third kappa shape index (κ3) is 4.00. The summed E-state index contributed by atoms with van der Waals surface area (Å²) in [5.41, 5.74) is 4.80. The average molecular weight is 327 g/mol. The molecular weight excluding hydrogens is 302 g/mol. The minimum Gasteiger partial charge on any atom is -0.384 e. The smallest absolute Gasteiger partial charge is 0.0411 e. The molecule has 0 aliphatic carbocycles. The van der Waals surface area contributed by atoms with E-state index in [9.17, 15) is 0 Å². The third-order valence-corrected chi connectivity index (χ3v) is 4.62. The van der Waals surface area contributed by atoms with Gasteiger partial charge in [0.15, 0.2) is 0 Å². The van der Waals surface area contributed by atoms with Crippen molar-refractivity contribution < 1.29 is 0 Å². The molecule has 1 heteroatoms. The van der Waals surface area contributed by atoms with E-state index in [0.717, 1.165) is 18.7 Å². The average Bonchev–Trinajstić information content (AvgIpc) is 2.67. The highest BCUT2D eigenvalue weighted by Gasteiger charge is 2.34. The molecule has 0 aromatic heterocycles. The zero-order valence-corrected chi connectivity index (χ0v) is 14.8. The first-order valence-corrected chi connectivity index (χ1v) is 8.75. The second-order valence-electron chi connectivity index (χ2n) is 6.67. The molecular formula is C24H25N. The molecule has 0 aliphatic rings. The van der Waals surface area contributed by atoms with Crippen molar-refractivity contribution in [3.05, 3.63) is 114 Å². The summed E-state index contributed by atoms with van der Waals surface area (Å²) < 4.78 is 0. The van der Waals surface area contributed by atoms with E-state index in [0.29, 0.717) is 0 Å². The second kappa shape index (κ2) is 7.85. The molecule has 0 amide bonds. The Morgan fingerprint density at radius 2 is 1.20 bits per heavy atom. The fraction of sp³-hybridized carbons (Fsp3) is 0.167. The van der Waals surface area contributed by atoms with Crippen molar-refractivity contribution in [1.82, 2.24) is 0 Å². The van der Waals surface area contributed by atoms with E-state index >= 15 is 0 Å². The molecule has 3 rings (SSSR count). The number of hydrogen-bond acceptors (Lipinski definition) is 1. The predicted molar refractivity (Wildman–Crippen MR) is 108 cm³/mol. The quantitative estimate of drug-likeness (QED) is 0.521. The van der Waals surface area contributed by atoms with E-state index in [1.54, 1.807) is 0 Å². The molecule has 0 bridgehead atoms. The number of nitrogens with one attached hydrogen (secondary N) is 1. The van der Waals surface area contributed by atoms with Crippen molar-refractivity contribution in [2.45, 2.75) is 18.8 Å². The molecule has 3 aromatic rings. The molecule has 0 fully saturated rings. The molecule has 0 aliphatic heterocycles. The van der Waals surface area contributed by atoms with Crippen LogP contribution in [0.2, 0.25) is 0 Å². The number of hydrogen-bond donors (Lipinski definition) is 1. The Labute approximate surface area is 151 Å². The van der Waals surface area contributed by atoms with E-state index in [2.05, 4.69) is 104 Å². The summed E-state index contributed by atoms with van der Waals surface area (Å²) in [7, 11) is 0. The Kier molecular flexibility index (Phi) is 5.35.